The second-order valence-corrected chi connectivity index (χ2v) is 8.38. The van der Waals surface area contributed by atoms with E-state index >= 15 is 0 Å². The van der Waals surface area contributed by atoms with Crippen molar-refractivity contribution in [2.24, 2.45) is 11.3 Å². The molecular formula is C20H28O5. The summed E-state index contributed by atoms with van der Waals surface area (Å²) in [5.74, 6) is -1.11. The van der Waals surface area contributed by atoms with E-state index in [1.807, 2.05) is 20.8 Å². The number of phenols is 2. The maximum atomic E-state index is 12.5. The van der Waals surface area contributed by atoms with Crippen molar-refractivity contribution in [3.05, 3.63) is 22.8 Å². The lowest BCUT2D eigenvalue weighted by atomic mass is 9.49. The molecule has 0 heterocycles. The first-order valence-electron chi connectivity index (χ1n) is 9.11. The fourth-order valence-electron chi connectivity index (χ4n) is 5.37. The van der Waals surface area contributed by atoms with Gasteiger partial charge in [0.25, 0.3) is 0 Å². The number of carboxylic acid groups (broad SMARTS) is 1. The molecule has 0 bridgehead atoms. The molecule has 2 aliphatic rings. The van der Waals surface area contributed by atoms with Crippen molar-refractivity contribution in [2.75, 3.05) is 6.61 Å². The largest absolute Gasteiger partial charge is 0.508 e. The average molecular weight is 348 g/mol. The molecule has 2 aliphatic carbocycles. The van der Waals surface area contributed by atoms with Crippen molar-refractivity contribution in [3.8, 4) is 11.5 Å². The van der Waals surface area contributed by atoms with Crippen molar-refractivity contribution in [1.82, 2.24) is 0 Å². The zero-order chi connectivity index (χ0) is 18.6. The Kier molecular flexibility index (Phi) is 4.26. The fourth-order valence-corrected chi connectivity index (χ4v) is 5.37. The van der Waals surface area contributed by atoms with Crippen LogP contribution in [0.4, 0.5) is 0 Å². The number of carbonyl (C=O) groups is 1. The van der Waals surface area contributed by atoms with Gasteiger partial charge < -0.3 is 20.4 Å². The topological polar surface area (TPSA) is 98.0 Å². The van der Waals surface area contributed by atoms with Crippen molar-refractivity contribution in [2.45, 2.75) is 64.2 Å². The lowest BCUT2D eigenvalue weighted by Gasteiger charge is -2.54. The molecule has 0 spiro atoms. The Morgan fingerprint density at radius 2 is 2.00 bits per heavy atom. The molecule has 138 valence electrons. The number of hydrogen-bond acceptors (Lipinski definition) is 4. The molecule has 4 N–H and O–H groups in total. The van der Waals surface area contributed by atoms with E-state index in [2.05, 4.69) is 0 Å². The molecule has 1 saturated carbocycles. The standard InChI is InChI=1S/C20H28O5/c1-11(2)13-9-14(22)16-12(17(13)23)5-6-15-19(3,10-21)7-4-8-20(15,16)18(24)25/h9,11,15,21-23H,4-8,10H2,1-3H3,(H,24,25)/t15?,19?,20-/m1/s1. The van der Waals surface area contributed by atoms with E-state index in [1.54, 1.807) is 0 Å². The van der Waals surface area contributed by atoms with Crippen LogP contribution in [0, 0.1) is 11.3 Å². The SMILES string of the molecule is CC(C)c1cc(O)c2c(c1O)CCC1C(C)(CO)CCC[C@]21C(=O)O. The van der Waals surface area contributed by atoms with Crippen molar-refractivity contribution in [3.63, 3.8) is 0 Å². The zero-order valence-electron chi connectivity index (χ0n) is 15.2. The van der Waals surface area contributed by atoms with Crippen LogP contribution in [-0.4, -0.2) is 33.0 Å². The van der Waals surface area contributed by atoms with Gasteiger partial charge in [-0.15, -0.1) is 0 Å². The predicted molar refractivity (Wildman–Crippen MR) is 94.0 cm³/mol. The lowest BCUT2D eigenvalue weighted by Crippen LogP contribution is -2.56. The molecule has 3 atom stereocenters. The highest BCUT2D eigenvalue weighted by atomic mass is 16.4. The number of carboxylic acids is 1. The van der Waals surface area contributed by atoms with Crippen molar-refractivity contribution < 1.29 is 25.2 Å². The Morgan fingerprint density at radius 1 is 1.32 bits per heavy atom. The number of aromatic hydroxyl groups is 2. The van der Waals surface area contributed by atoms with E-state index in [0.717, 1.165) is 6.42 Å². The van der Waals surface area contributed by atoms with E-state index in [0.29, 0.717) is 42.4 Å². The van der Waals surface area contributed by atoms with Gasteiger partial charge in [-0.3, -0.25) is 4.79 Å². The summed E-state index contributed by atoms with van der Waals surface area (Å²) in [6.07, 6.45) is 2.97. The van der Waals surface area contributed by atoms with Gasteiger partial charge in [-0.2, -0.15) is 0 Å². The molecular weight excluding hydrogens is 320 g/mol. The number of hydrogen-bond donors (Lipinski definition) is 4. The molecule has 5 nitrogen and oxygen atoms in total. The minimum Gasteiger partial charge on any atom is -0.508 e. The maximum Gasteiger partial charge on any atom is 0.314 e. The van der Waals surface area contributed by atoms with Gasteiger partial charge in [-0.25, -0.2) is 0 Å². The fraction of sp³-hybridized carbons (Fsp3) is 0.650. The molecule has 0 aliphatic heterocycles. The van der Waals surface area contributed by atoms with E-state index < -0.39 is 16.8 Å². The molecule has 25 heavy (non-hydrogen) atoms. The molecule has 1 aromatic carbocycles. The number of aliphatic hydroxyl groups is 1. The third-order valence-corrected chi connectivity index (χ3v) is 6.66. The summed E-state index contributed by atoms with van der Waals surface area (Å²) in [6, 6.07) is 1.52. The van der Waals surface area contributed by atoms with Crippen LogP contribution in [0.1, 0.15) is 69.1 Å². The summed E-state index contributed by atoms with van der Waals surface area (Å²) in [4.78, 5) is 12.5. The zero-order valence-corrected chi connectivity index (χ0v) is 15.2. The first-order valence-corrected chi connectivity index (χ1v) is 9.11. The van der Waals surface area contributed by atoms with Gasteiger partial charge in [-0.05, 0) is 49.0 Å². The van der Waals surface area contributed by atoms with Crippen LogP contribution >= 0.6 is 0 Å². The van der Waals surface area contributed by atoms with Gasteiger partial charge in [0.1, 0.15) is 16.9 Å². The summed E-state index contributed by atoms with van der Waals surface area (Å²) < 4.78 is 0. The lowest BCUT2D eigenvalue weighted by molar-refractivity contribution is -0.154. The Balaban J connectivity index is 2.30. The van der Waals surface area contributed by atoms with Gasteiger partial charge >= 0.3 is 5.97 Å². The highest BCUT2D eigenvalue weighted by molar-refractivity contribution is 5.85. The van der Waals surface area contributed by atoms with Gasteiger partial charge in [0.15, 0.2) is 0 Å². The van der Waals surface area contributed by atoms with Crippen LogP contribution in [-0.2, 0) is 16.6 Å². The quantitative estimate of drug-likeness (QED) is 0.628. The summed E-state index contributed by atoms with van der Waals surface area (Å²) >= 11 is 0. The second-order valence-electron chi connectivity index (χ2n) is 8.38. The molecule has 0 radical (unpaired) electrons. The Labute approximate surface area is 148 Å². The van der Waals surface area contributed by atoms with Crippen molar-refractivity contribution in [1.29, 1.82) is 0 Å². The van der Waals surface area contributed by atoms with Crippen molar-refractivity contribution >= 4 is 5.97 Å². The Hall–Kier alpha value is -1.75. The normalized spacial score (nSPS) is 31.5. The minimum atomic E-state index is -1.25. The average Bonchev–Trinajstić information content (AvgIpc) is 2.57. The van der Waals surface area contributed by atoms with Gasteiger partial charge in [0, 0.05) is 23.3 Å². The van der Waals surface area contributed by atoms with Crippen LogP contribution in [0.2, 0.25) is 0 Å². The Morgan fingerprint density at radius 3 is 2.56 bits per heavy atom. The summed E-state index contributed by atoms with van der Waals surface area (Å²) in [5, 5.41) is 41.7. The van der Waals surface area contributed by atoms with E-state index in [1.165, 1.54) is 6.07 Å². The third kappa shape index (κ3) is 2.35. The first-order chi connectivity index (χ1) is 11.7. The van der Waals surface area contributed by atoms with Crippen LogP contribution in [0.15, 0.2) is 6.07 Å². The number of aliphatic carboxylic acids is 1. The van der Waals surface area contributed by atoms with Gasteiger partial charge in [-0.1, -0.05) is 27.2 Å². The van der Waals surface area contributed by atoms with E-state index in [4.69, 9.17) is 0 Å². The van der Waals surface area contributed by atoms with E-state index in [9.17, 15) is 25.2 Å². The highest BCUT2D eigenvalue weighted by Gasteiger charge is 2.60. The molecule has 1 aromatic rings. The first kappa shape index (κ1) is 18.1. The molecule has 5 heteroatoms. The predicted octanol–water partition coefficient (Wildman–Crippen LogP) is 3.29. The second kappa shape index (κ2) is 5.90. The van der Waals surface area contributed by atoms with E-state index in [-0.39, 0.29) is 29.9 Å². The number of phenolic OH excluding ortho intramolecular Hbond substituents is 2. The number of aliphatic hydroxyl groups excluding tert-OH is 1. The van der Waals surface area contributed by atoms with Crippen LogP contribution in [0.3, 0.4) is 0 Å². The summed E-state index contributed by atoms with van der Waals surface area (Å²) in [7, 11) is 0. The van der Waals surface area contributed by atoms with Gasteiger partial charge in [0.2, 0.25) is 0 Å². The van der Waals surface area contributed by atoms with Crippen LogP contribution in [0.25, 0.3) is 0 Å². The molecule has 0 aromatic heterocycles. The highest BCUT2D eigenvalue weighted by Crippen LogP contribution is 2.60. The number of rotatable bonds is 3. The smallest absolute Gasteiger partial charge is 0.314 e. The molecule has 0 amide bonds. The maximum absolute atomic E-state index is 12.5. The monoisotopic (exact) mass is 348 g/mol. The number of fused-ring (bicyclic) bond motifs is 3. The summed E-state index contributed by atoms with van der Waals surface area (Å²) in [5.41, 5.74) is -0.147. The Bertz CT molecular complexity index is 711. The third-order valence-electron chi connectivity index (χ3n) is 6.66. The molecule has 0 saturated heterocycles. The summed E-state index contributed by atoms with van der Waals surface area (Å²) in [6.45, 7) is 5.74. The molecule has 3 rings (SSSR count). The van der Waals surface area contributed by atoms with Crippen LogP contribution in [0.5, 0.6) is 11.5 Å². The molecule has 2 unspecified atom stereocenters. The van der Waals surface area contributed by atoms with Crippen LogP contribution < -0.4 is 0 Å². The number of benzene rings is 1. The minimum absolute atomic E-state index is 0.0313. The molecule has 1 fully saturated rings. The van der Waals surface area contributed by atoms with Gasteiger partial charge in [0.05, 0.1) is 0 Å².